The summed E-state index contributed by atoms with van der Waals surface area (Å²) in [4.78, 5) is 2.72. The van der Waals surface area contributed by atoms with Crippen LogP contribution < -0.4 is 5.32 Å². The molecule has 16 heavy (non-hydrogen) atoms. The standard InChI is InChI=1S/C14H30N2/c1-6-12-10-16(11-14(4,5)8-3)13(7-2)9-15-12/h12-13,15H,6-11H2,1-5H3. The van der Waals surface area contributed by atoms with E-state index < -0.39 is 0 Å². The predicted molar refractivity (Wildman–Crippen MR) is 71.8 cm³/mol. The zero-order valence-corrected chi connectivity index (χ0v) is 11.8. The molecule has 0 aromatic heterocycles. The van der Waals surface area contributed by atoms with Gasteiger partial charge in [0.2, 0.25) is 0 Å². The fourth-order valence-corrected chi connectivity index (χ4v) is 2.46. The van der Waals surface area contributed by atoms with Gasteiger partial charge in [-0.2, -0.15) is 0 Å². The highest BCUT2D eigenvalue weighted by Crippen LogP contribution is 2.24. The lowest BCUT2D eigenvalue weighted by Gasteiger charge is -2.43. The van der Waals surface area contributed by atoms with Crippen molar-refractivity contribution in [3.63, 3.8) is 0 Å². The Kier molecular flexibility index (Phi) is 5.26. The van der Waals surface area contributed by atoms with Gasteiger partial charge in [-0.15, -0.1) is 0 Å². The summed E-state index contributed by atoms with van der Waals surface area (Å²) >= 11 is 0. The number of nitrogens with one attached hydrogen (secondary N) is 1. The minimum Gasteiger partial charge on any atom is -0.311 e. The number of rotatable bonds is 5. The molecule has 96 valence electrons. The van der Waals surface area contributed by atoms with Gasteiger partial charge in [0.1, 0.15) is 0 Å². The van der Waals surface area contributed by atoms with Gasteiger partial charge in [-0.1, -0.05) is 34.6 Å². The van der Waals surface area contributed by atoms with Gasteiger partial charge in [0.25, 0.3) is 0 Å². The van der Waals surface area contributed by atoms with Crippen molar-refractivity contribution >= 4 is 0 Å². The maximum Gasteiger partial charge on any atom is 0.0219 e. The van der Waals surface area contributed by atoms with Crippen molar-refractivity contribution in [2.24, 2.45) is 5.41 Å². The molecule has 2 atom stereocenters. The van der Waals surface area contributed by atoms with Crippen LogP contribution >= 0.6 is 0 Å². The van der Waals surface area contributed by atoms with Crippen LogP contribution in [-0.4, -0.2) is 36.6 Å². The second kappa shape index (κ2) is 6.02. The average Bonchev–Trinajstić information content (AvgIpc) is 2.28. The van der Waals surface area contributed by atoms with Crippen molar-refractivity contribution in [3.05, 3.63) is 0 Å². The molecule has 0 aromatic rings. The summed E-state index contributed by atoms with van der Waals surface area (Å²) in [6.07, 6.45) is 3.78. The van der Waals surface area contributed by atoms with E-state index in [4.69, 9.17) is 0 Å². The van der Waals surface area contributed by atoms with Crippen molar-refractivity contribution in [2.75, 3.05) is 19.6 Å². The van der Waals surface area contributed by atoms with E-state index in [0.717, 1.165) is 6.04 Å². The van der Waals surface area contributed by atoms with E-state index in [1.165, 1.54) is 38.9 Å². The van der Waals surface area contributed by atoms with Gasteiger partial charge in [0.05, 0.1) is 0 Å². The van der Waals surface area contributed by atoms with Gasteiger partial charge in [-0.3, -0.25) is 4.90 Å². The topological polar surface area (TPSA) is 15.3 Å². The summed E-state index contributed by atoms with van der Waals surface area (Å²) in [6, 6.07) is 1.45. The van der Waals surface area contributed by atoms with Crippen molar-refractivity contribution in [1.82, 2.24) is 10.2 Å². The summed E-state index contributed by atoms with van der Waals surface area (Å²) in [5, 5.41) is 3.66. The first kappa shape index (κ1) is 14.0. The molecule has 1 fully saturated rings. The van der Waals surface area contributed by atoms with Crippen molar-refractivity contribution in [2.45, 2.75) is 66.0 Å². The molecule has 0 aromatic carbocycles. The third-order valence-corrected chi connectivity index (χ3v) is 4.17. The summed E-state index contributed by atoms with van der Waals surface area (Å²) in [5.41, 5.74) is 0.461. The smallest absolute Gasteiger partial charge is 0.0219 e. The molecule has 0 radical (unpaired) electrons. The first-order chi connectivity index (χ1) is 7.52. The Labute approximate surface area is 102 Å². The maximum absolute atomic E-state index is 3.66. The van der Waals surface area contributed by atoms with Crippen LogP contribution in [0.5, 0.6) is 0 Å². The van der Waals surface area contributed by atoms with Crippen LogP contribution in [0, 0.1) is 5.41 Å². The zero-order chi connectivity index (χ0) is 12.2. The molecule has 2 unspecified atom stereocenters. The van der Waals surface area contributed by atoms with Gasteiger partial charge < -0.3 is 5.32 Å². The predicted octanol–water partition coefficient (Wildman–Crippen LogP) is 2.89. The number of piperazine rings is 1. The van der Waals surface area contributed by atoms with Crippen molar-refractivity contribution in [1.29, 1.82) is 0 Å². The van der Waals surface area contributed by atoms with Gasteiger partial charge >= 0.3 is 0 Å². The van der Waals surface area contributed by atoms with Gasteiger partial charge in [0, 0.05) is 31.7 Å². The summed E-state index contributed by atoms with van der Waals surface area (Å²) in [7, 11) is 0. The Morgan fingerprint density at radius 2 is 1.88 bits per heavy atom. The second-order valence-electron chi connectivity index (χ2n) is 6.02. The molecule has 1 saturated heterocycles. The highest BCUT2D eigenvalue weighted by Gasteiger charge is 2.29. The molecule has 1 heterocycles. The van der Waals surface area contributed by atoms with Crippen molar-refractivity contribution < 1.29 is 0 Å². The van der Waals surface area contributed by atoms with Gasteiger partial charge in [-0.05, 0) is 24.7 Å². The molecule has 0 saturated carbocycles. The monoisotopic (exact) mass is 226 g/mol. The maximum atomic E-state index is 3.66. The molecular weight excluding hydrogens is 196 g/mol. The van der Waals surface area contributed by atoms with E-state index in [1.807, 2.05) is 0 Å². The largest absolute Gasteiger partial charge is 0.311 e. The van der Waals surface area contributed by atoms with E-state index >= 15 is 0 Å². The third-order valence-electron chi connectivity index (χ3n) is 4.17. The lowest BCUT2D eigenvalue weighted by molar-refractivity contribution is 0.0791. The van der Waals surface area contributed by atoms with Crippen LogP contribution in [0.4, 0.5) is 0 Å². The van der Waals surface area contributed by atoms with E-state index in [1.54, 1.807) is 0 Å². The normalized spacial score (nSPS) is 28.3. The fourth-order valence-electron chi connectivity index (χ4n) is 2.46. The Hall–Kier alpha value is -0.0800. The molecule has 0 aliphatic carbocycles. The molecule has 1 N–H and O–H groups in total. The Bertz CT molecular complexity index is 201. The number of nitrogens with zero attached hydrogens (tertiary/aromatic N) is 1. The van der Waals surface area contributed by atoms with Crippen LogP contribution in [0.15, 0.2) is 0 Å². The molecule has 0 spiro atoms. The van der Waals surface area contributed by atoms with Crippen LogP contribution in [0.1, 0.15) is 53.9 Å². The molecule has 1 rings (SSSR count). The lowest BCUT2D eigenvalue weighted by atomic mass is 9.88. The van der Waals surface area contributed by atoms with Gasteiger partial charge in [-0.25, -0.2) is 0 Å². The molecule has 2 nitrogen and oxygen atoms in total. The van der Waals surface area contributed by atoms with Crippen LogP contribution in [0.2, 0.25) is 0 Å². The molecule has 2 heteroatoms. The highest BCUT2D eigenvalue weighted by molar-refractivity contribution is 4.87. The minimum absolute atomic E-state index is 0.461. The van der Waals surface area contributed by atoms with Crippen LogP contribution in [-0.2, 0) is 0 Å². The Morgan fingerprint density at radius 1 is 1.19 bits per heavy atom. The van der Waals surface area contributed by atoms with E-state index in [2.05, 4.69) is 44.8 Å². The molecule has 1 aliphatic heterocycles. The van der Waals surface area contributed by atoms with Gasteiger partial charge in [0.15, 0.2) is 0 Å². The summed E-state index contributed by atoms with van der Waals surface area (Å²) in [5.74, 6) is 0. The summed E-state index contributed by atoms with van der Waals surface area (Å²) in [6.45, 7) is 15.3. The minimum atomic E-state index is 0.461. The second-order valence-corrected chi connectivity index (χ2v) is 6.02. The SMILES string of the molecule is CCC1CN(CC(C)(C)CC)C(CC)CN1. The van der Waals surface area contributed by atoms with Crippen molar-refractivity contribution in [3.8, 4) is 0 Å². The average molecular weight is 226 g/mol. The zero-order valence-electron chi connectivity index (χ0n) is 11.8. The number of hydrogen-bond donors (Lipinski definition) is 1. The van der Waals surface area contributed by atoms with E-state index in [0.29, 0.717) is 11.5 Å². The van der Waals surface area contributed by atoms with Crippen LogP contribution in [0.3, 0.4) is 0 Å². The summed E-state index contributed by atoms with van der Waals surface area (Å²) < 4.78 is 0. The lowest BCUT2D eigenvalue weighted by Crippen LogP contribution is -2.57. The fraction of sp³-hybridized carbons (Fsp3) is 1.00. The molecule has 0 amide bonds. The first-order valence-corrected chi connectivity index (χ1v) is 6.99. The van der Waals surface area contributed by atoms with E-state index in [-0.39, 0.29) is 0 Å². The molecule has 0 bridgehead atoms. The third kappa shape index (κ3) is 3.74. The highest BCUT2D eigenvalue weighted by atomic mass is 15.2. The van der Waals surface area contributed by atoms with Crippen LogP contribution in [0.25, 0.3) is 0 Å². The van der Waals surface area contributed by atoms with E-state index in [9.17, 15) is 0 Å². The Balaban J connectivity index is 2.58. The molecular formula is C14H30N2. The quantitative estimate of drug-likeness (QED) is 0.775. The molecule has 1 aliphatic rings. The number of hydrogen-bond acceptors (Lipinski definition) is 2. The first-order valence-electron chi connectivity index (χ1n) is 6.99. The Morgan fingerprint density at radius 3 is 2.38 bits per heavy atom.